The topological polar surface area (TPSA) is 9.72 Å². The molecule has 0 saturated carbocycles. The Morgan fingerprint density at radius 1 is 0.359 bits per heavy atom. The van der Waals surface area contributed by atoms with E-state index in [-0.39, 0.29) is 60.9 Å². The van der Waals surface area contributed by atoms with Gasteiger partial charge in [0.2, 0.25) is 0 Å². The quantitative estimate of drug-likeness (QED) is 0.159. The van der Waals surface area contributed by atoms with Crippen molar-refractivity contribution >= 4 is 74.3 Å². The van der Waals surface area contributed by atoms with Crippen LogP contribution in [0.3, 0.4) is 0 Å². The van der Waals surface area contributed by atoms with Gasteiger partial charge in [-0.25, -0.2) is 0 Å². The fourth-order valence-corrected chi connectivity index (χ4v) is 17.9. The fraction of sp³-hybridized carbons (Fsp3) is 0.455. The SMILES string of the molecule is Cc1cc2c(cc1N1c3cc4c(cc3B3c5cc6c(cc5N(c5ccc7c(c5)C(C)(C)CCC7(C)C)c5cc(N(c7ccc(C(C)(C)C)cc7)c7ccc(C(C)(C)C)cc7)cc1c53)C(C)(C)CCC6(C)C)C(C)(C)c1cccc(C(C)(C)C)c1-4)C(C)(C)CCC2(C)C. The first kappa shape index (κ1) is 62.7. The van der Waals surface area contributed by atoms with Crippen LogP contribution in [0.5, 0.6) is 0 Å². The first-order valence-electron chi connectivity index (χ1n) is 35.2. The molecule has 0 atom stereocenters. The molecular weight excluding hydrogens is 1110 g/mol. The molecular formula is C88H106BN3. The summed E-state index contributed by atoms with van der Waals surface area (Å²) in [6, 6.07) is 55.5. The predicted molar refractivity (Wildman–Crippen MR) is 399 cm³/mol. The van der Waals surface area contributed by atoms with Crippen molar-refractivity contribution in [2.75, 3.05) is 14.7 Å². The molecule has 3 nitrogen and oxygen atoms in total. The Morgan fingerprint density at radius 2 is 0.783 bits per heavy atom. The largest absolute Gasteiger partial charge is 0.311 e. The number of fused-ring (bicyclic) bond motifs is 10. The van der Waals surface area contributed by atoms with Crippen LogP contribution in [0.2, 0.25) is 0 Å². The van der Waals surface area contributed by atoms with Gasteiger partial charge in [-0.2, -0.15) is 0 Å². The summed E-state index contributed by atoms with van der Waals surface area (Å²) in [6.07, 6.45) is 6.92. The van der Waals surface area contributed by atoms with Crippen molar-refractivity contribution in [2.24, 2.45) is 0 Å². The van der Waals surface area contributed by atoms with Crippen molar-refractivity contribution in [1.82, 2.24) is 0 Å². The van der Waals surface area contributed by atoms with Gasteiger partial charge in [0.1, 0.15) is 0 Å². The summed E-state index contributed by atoms with van der Waals surface area (Å²) in [7, 11) is 0. The van der Waals surface area contributed by atoms with E-state index in [4.69, 9.17) is 0 Å². The van der Waals surface area contributed by atoms with Crippen LogP contribution in [0.4, 0.5) is 51.2 Å². The van der Waals surface area contributed by atoms with E-state index in [1.807, 2.05) is 0 Å². The Morgan fingerprint density at radius 3 is 1.27 bits per heavy atom. The number of benzene rings is 8. The lowest BCUT2D eigenvalue weighted by Crippen LogP contribution is -2.62. The molecule has 8 aromatic carbocycles. The van der Waals surface area contributed by atoms with Gasteiger partial charge in [0.05, 0.1) is 5.69 Å². The molecule has 4 heteroatoms. The fourth-order valence-electron chi connectivity index (χ4n) is 17.9. The van der Waals surface area contributed by atoms with Crippen LogP contribution in [-0.2, 0) is 54.1 Å². The Hall–Kier alpha value is -6.78. The molecule has 92 heavy (non-hydrogen) atoms. The molecule has 2 aliphatic heterocycles. The third kappa shape index (κ3) is 9.51. The van der Waals surface area contributed by atoms with Crippen molar-refractivity contribution in [3.63, 3.8) is 0 Å². The normalized spacial score (nSPS) is 19.6. The first-order valence-corrected chi connectivity index (χ1v) is 35.2. The maximum atomic E-state index is 2.81. The molecule has 2 heterocycles. The van der Waals surface area contributed by atoms with Crippen LogP contribution in [0.1, 0.15) is 265 Å². The van der Waals surface area contributed by atoms with Crippen molar-refractivity contribution in [2.45, 2.75) is 259 Å². The van der Waals surface area contributed by atoms with Crippen LogP contribution in [0.25, 0.3) is 11.1 Å². The molecule has 0 amide bonds. The lowest BCUT2D eigenvalue weighted by Gasteiger charge is -2.49. The number of anilines is 9. The van der Waals surface area contributed by atoms with Crippen LogP contribution >= 0.6 is 0 Å². The minimum atomic E-state index is -0.239. The molecule has 0 spiro atoms. The molecule has 14 rings (SSSR count). The van der Waals surface area contributed by atoms with E-state index in [1.165, 1.54) is 141 Å². The summed E-state index contributed by atoms with van der Waals surface area (Å²) >= 11 is 0. The van der Waals surface area contributed by atoms with Gasteiger partial charge in [0.25, 0.3) is 6.71 Å². The maximum Gasteiger partial charge on any atom is 0.252 e. The molecule has 0 unspecified atom stereocenters. The zero-order valence-corrected chi connectivity index (χ0v) is 60.9. The summed E-state index contributed by atoms with van der Waals surface area (Å²) in [4.78, 5) is 8.18. The molecule has 4 aliphatic carbocycles. The number of hydrogen-bond donors (Lipinski definition) is 0. The van der Waals surface area contributed by atoms with Gasteiger partial charge in [0.15, 0.2) is 0 Å². The highest BCUT2D eigenvalue weighted by Gasteiger charge is 2.51. The Balaban J connectivity index is 1.18. The third-order valence-corrected chi connectivity index (χ3v) is 24.4. The molecule has 0 bridgehead atoms. The summed E-state index contributed by atoms with van der Waals surface area (Å²) in [5.74, 6) is 0. The van der Waals surface area contributed by atoms with Gasteiger partial charge in [0, 0.05) is 50.9 Å². The average molecular weight is 1220 g/mol. The Bertz CT molecular complexity index is 4320. The zero-order chi connectivity index (χ0) is 66.1. The van der Waals surface area contributed by atoms with Crippen LogP contribution < -0.4 is 31.1 Å². The van der Waals surface area contributed by atoms with Crippen LogP contribution in [0, 0.1) is 6.92 Å². The average Bonchev–Trinajstić information content (AvgIpc) is 1.05. The molecule has 0 fully saturated rings. The van der Waals surface area contributed by atoms with E-state index in [9.17, 15) is 0 Å². The highest BCUT2D eigenvalue weighted by atomic mass is 15.2. The van der Waals surface area contributed by atoms with Crippen LogP contribution in [0.15, 0.2) is 133 Å². The molecule has 476 valence electrons. The Labute approximate surface area is 555 Å². The van der Waals surface area contributed by atoms with E-state index < -0.39 is 0 Å². The van der Waals surface area contributed by atoms with Crippen molar-refractivity contribution < 1.29 is 0 Å². The second-order valence-electron chi connectivity index (χ2n) is 37.2. The van der Waals surface area contributed by atoms with Crippen molar-refractivity contribution in [1.29, 1.82) is 0 Å². The molecule has 0 N–H and O–H groups in total. The van der Waals surface area contributed by atoms with Gasteiger partial charge >= 0.3 is 0 Å². The maximum absolute atomic E-state index is 2.81. The standard InChI is InChI=1S/C88H106BN3/c1-53-44-65-68(86(19,20)42-40-83(65,13)14)51-72(53)92-73-48-60-64(88(23,24)63-27-25-26-62(77(60)63)81(8,9)10)49-70(73)89-71-50-67-69(87(21,22)43-41-85(67,17)18)52-74(71)91(58-36-37-61-66(45-58)84(15,16)39-38-82(61,11)12)75-46-59(47-76(92)78(75)89)90(56-32-28-54(29-33-56)79(2,3)4)57-34-30-55(31-35-57)80(5,6)7/h25-37,44-52H,38-43H2,1-24H3. The van der Waals surface area contributed by atoms with Gasteiger partial charge in [-0.15, -0.1) is 0 Å². The molecule has 0 aromatic heterocycles. The third-order valence-electron chi connectivity index (χ3n) is 24.4. The van der Waals surface area contributed by atoms with Gasteiger partial charge < -0.3 is 14.7 Å². The first-order chi connectivity index (χ1) is 42.6. The van der Waals surface area contributed by atoms with E-state index in [0.29, 0.717) is 0 Å². The zero-order valence-electron chi connectivity index (χ0n) is 60.9. The second-order valence-corrected chi connectivity index (χ2v) is 37.2. The summed E-state index contributed by atoms with van der Waals surface area (Å²) < 4.78 is 0. The summed E-state index contributed by atoms with van der Waals surface area (Å²) in [6.45, 7) is 58.6. The summed E-state index contributed by atoms with van der Waals surface area (Å²) in [5, 5.41) is 0. The van der Waals surface area contributed by atoms with E-state index in [1.54, 1.807) is 0 Å². The van der Waals surface area contributed by atoms with Gasteiger partial charge in [-0.3, -0.25) is 0 Å². The number of aryl methyl sites for hydroxylation is 1. The Kier molecular flexibility index (Phi) is 13.6. The number of hydrogen-bond acceptors (Lipinski definition) is 3. The smallest absolute Gasteiger partial charge is 0.252 e. The predicted octanol–water partition coefficient (Wildman–Crippen LogP) is 22.8. The lowest BCUT2D eigenvalue weighted by atomic mass is 9.33. The lowest BCUT2D eigenvalue weighted by molar-refractivity contribution is 0.332. The van der Waals surface area contributed by atoms with E-state index >= 15 is 0 Å². The minimum absolute atomic E-state index is 0.0000629. The molecule has 6 aliphatic rings. The monoisotopic (exact) mass is 1220 g/mol. The van der Waals surface area contributed by atoms with Crippen LogP contribution in [-0.4, -0.2) is 6.71 Å². The molecule has 8 aromatic rings. The molecule has 0 radical (unpaired) electrons. The van der Waals surface area contributed by atoms with E-state index in [2.05, 4.69) is 314 Å². The minimum Gasteiger partial charge on any atom is -0.311 e. The summed E-state index contributed by atoms with van der Waals surface area (Å²) in [5.41, 5.74) is 35.0. The van der Waals surface area contributed by atoms with Crippen molar-refractivity contribution in [3.8, 4) is 11.1 Å². The highest BCUT2D eigenvalue weighted by molar-refractivity contribution is 7.00. The van der Waals surface area contributed by atoms with Gasteiger partial charge in [-0.1, -0.05) is 226 Å². The second kappa shape index (κ2) is 19.9. The van der Waals surface area contributed by atoms with E-state index in [0.717, 1.165) is 42.7 Å². The van der Waals surface area contributed by atoms with Gasteiger partial charge in [-0.05, 0) is 255 Å². The highest BCUT2D eigenvalue weighted by Crippen LogP contribution is 2.59. The van der Waals surface area contributed by atoms with Crippen molar-refractivity contribution in [3.05, 3.63) is 200 Å². The number of rotatable bonds is 5. The number of nitrogens with zero attached hydrogens (tertiary/aromatic N) is 3. The molecule has 0 saturated heterocycles.